The molecule has 3 aromatic heterocycles. The summed E-state index contributed by atoms with van der Waals surface area (Å²) in [7, 11) is 0. The van der Waals surface area contributed by atoms with E-state index >= 15 is 0 Å². The molecule has 31 heavy (non-hydrogen) atoms. The average Bonchev–Trinajstić information content (AvgIpc) is 3.28. The van der Waals surface area contributed by atoms with E-state index in [0.29, 0.717) is 13.1 Å². The fourth-order valence-corrected chi connectivity index (χ4v) is 4.15. The van der Waals surface area contributed by atoms with E-state index in [9.17, 15) is 4.79 Å². The second kappa shape index (κ2) is 10.1. The van der Waals surface area contributed by atoms with Gasteiger partial charge in [0.1, 0.15) is 5.01 Å². The van der Waals surface area contributed by atoms with Gasteiger partial charge in [-0.25, -0.2) is 4.98 Å². The topological polar surface area (TPSA) is 59.0 Å². The molecule has 0 saturated carbocycles. The second-order valence-electron chi connectivity index (χ2n) is 7.34. The molecule has 0 atom stereocenters. The Kier molecular flexibility index (Phi) is 6.79. The molecule has 0 aliphatic carbocycles. The molecule has 0 N–H and O–H groups in total. The van der Waals surface area contributed by atoms with Gasteiger partial charge < -0.3 is 4.90 Å². The summed E-state index contributed by atoms with van der Waals surface area (Å²) in [4.78, 5) is 28.0. The zero-order valence-electron chi connectivity index (χ0n) is 17.4. The Balaban J connectivity index is 1.49. The van der Waals surface area contributed by atoms with E-state index in [1.165, 1.54) is 5.56 Å². The van der Waals surface area contributed by atoms with Crippen LogP contribution in [0.3, 0.4) is 0 Å². The van der Waals surface area contributed by atoms with Crippen molar-refractivity contribution in [3.05, 3.63) is 101 Å². The fraction of sp³-hybridized carbons (Fsp3) is 0.200. The van der Waals surface area contributed by atoms with Crippen molar-refractivity contribution in [2.75, 3.05) is 0 Å². The third-order valence-corrected chi connectivity index (χ3v) is 6.01. The zero-order chi connectivity index (χ0) is 21.5. The number of carbonyl (C=O) groups excluding carboxylic acids is 1. The molecule has 6 heteroatoms. The lowest BCUT2D eigenvalue weighted by Gasteiger charge is -2.22. The van der Waals surface area contributed by atoms with E-state index in [-0.39, 0.29) is 12.3 Å². The second-order valence-corrected chi connectivity index (χ2v) is 8.20. The molecule has 0 aliphatic rings. The molecule has 0 bridgehead atoms. The SMILES string of the molecule is CCc1ccc(-c2nc(CC(=O)N(Cc3ccncc3)Cc3cccnc3)cs2)cc1. The molecule has 4 aromatic rings. The molecule has 0 fully saturated rings. The number of benzene rings is 1. The lowest BCUT2D eigenvalue weighted by Crippen LogP contribution is -2.31. The summed E-state index contributed by atoms with van der Waals surface area (Å²) in [5, 5.41) is 2.92. The molecule has 156 valence electrons. The molecule has 0 saturated heterocycles. The predicted molar refractivity (Wildman–Crippen MR) is 123 cm³/mol. The van der Waals surface area contributed by atoms with Crippen LogP contribution in [-0.2, 0) is 30.7 Å². The number of hydrogen-bond donors (Lipinski definition) is 0. The maximum absolute atomic E-state index is 13.2. The monoisotopic (exact) mass is 428 g/mol. The van der Waals surface area contributed by atoms with E-state index in [2.05, 4.69) is 41.2 Å². The lowest BCUT2D eigenvalue weighted by atomic mass is 10.1. The Morgan fingerprint density at radius 3 is 2.39 bits per heavy atom. The van der Waals surface area contributed by atoms with Gasteiger partial charge in [-0.15, -0.1) is 11.3 Å². The number of nitrogens with zero attached hydrogens (tertiary/aromatic N) is 4. The highest BCUT2D eigenvalue weighted by Crippen LogP contribution is 2.25. The molecule has 0 aliphatic heterocycles. The zero-order valence-corrected chi connectivity index (χ0v) is 18.3. The summed E-state index contributed by atoms with van der Waals surface area (Å²) in [6.07, 6.45) is 8.32. The van der Waals surface area contributed by atoms with Gasteiger partial charge in [-0.3, -0.25) is 14.8 Å². The number of carbonyl (C=O) groups is 1. The normalized spacial score (nSPS) is 10.7. The van der Waals surface area contributed by atoms with Gasteiger partial charge in [0.15, 0.2) is 0 Å². The molecule has 0 unspecified atom stereocenters. The van der Waals surface area contributed by atoms with E-state index in [1.807, 2.05) is 34.5 Å². The highest BCUT2D eigenvalue weighted by atomic mass is 32.1. The van der Waals surface area contributed by atoms with Crippen LogP contribution in [0.25, 0.3) is 10.6 Å². The van der Waals surface area contributed by atoms with Gasteiger partial charge in [0.2, 0.25) is 5.91 Å². The van der Waals surface area contributed by atoms with Crippen molar-refractivity contribution < 1.29 is 4.79 Å². The number of pyridine rings is 2. The van der Waals surface area contributed by atoms with Gasteiger partial charge in [-0.2, -0.15) is 0 Å². The van der Waals surface area contributed by atoms with Crippen molar-refractivity contribution in [2.24, 2.45) is 0 Å². The van der Waals surface area contributed by atoms with Crippen LogP contribution >= 0.6 is 11.3 Å². The first-order valence-corrected chi connectivity index (χ1v) is 11.2. The molecule has 1 aromatic carbocycles. The van der Waals surface area contributed by atoms with Crippen LogP contribution in [0.4, 0.5) is 0 Å². The summed E-state index contributed by atoms with van der Waals surface area (Å²) in [5.74, 6) is 0.0406. The Labute approximate surface area is 186 Å². The first kappa shape index (κ1) is 20.9. The predicted octanol–water partition coefficient (Wildman–Crippen LogP) is 4.93. The van der Waals surface area contributed by atoms with E-state index in [4.69, 9.17) is 4.98 Å². The van der Waals surface area contributed by atoms with E-state index in [1.54, 1.807) is 36.1 Å². The number of amides is 1. The van der Waals surface area contributed by atoms with Crippen LogP contribution in [0.5, 0.6) is 0 Å². The number of hydrogen-bond acceptors (Lipinski definition) is 5. The fourth-order valence-electron chi connectivity index (χ4n) is 3.32. The first-order chi connectivity index (χ1) is 15.2. The van der Waals surface area contributed by atoms with E-state index in [0.717, 1.165) is 33.8 Å². The highest BCUT2D eigenvalue weighted by molar-refractivity contribution is 7.13. The Hall–Kier alpha value is -3.38. The molecule has 1 amide bonds. The third-order valence-electron chi connectivity index (χ3n) is 5.06. The summed E-state index contributed by atoms with van der Waals surface area (Å²) >= 11 is 1.58. The van der Waals surface area contributed by atoms with Crippen LogP contribution in [0.15, 0.2) is 78.7 Å². The van der Waals surface area contributed by atoms with Crippen molar-refractivity contribution in [1.29, 1.82) is 0 Å². The summed E-state index contributed by atoms with van der Waals surface area (Å²) in [5.41, 5.74) is 5.24. The lowest BCUT2D eigenvalue weighted by molar-refractivity contribution is -0.131. The Morgan fingerprint density at radius 1 is 0.903 bits per heavy atom. The van der Waals surface area contributed by atoms with Crippen LogP contribution in [-0.4, -0.2) is 25.8 Å². The molecular weight excluding hydrogens is 404 g/mol. The maximum Gasteiger partial charge on any atom is 0.229 e. The van der Waals surface area contributed by atoms with Crippen LogP contribution in [0.1, 0.15) is 29.3 Å². The molecule has 4 rings (SSSR count). The van der Waals surface area contributed by atoms with Crippen molar-refractivity contribution in [3.63, 3.8) is 0 Å². The standard InChI is InChI=1S/C25H24N4OS/c1-2-19-5-7-22(8-6-19)25-28-23(18-31-25)14-24(30)29(16-20-9-12-26-13-10-20)17-21-4-3-11-27-15-21/h3-13,15,18H,2,14,16-17H2,1H3. The molecule has 0 spiro atoms. The molecule has 0 radical (unpaired) electrons. The minimum atomic E-state index is 0.0406. The number of thiazole rings is 1. The van der Waals surface area contributed by atoms with Crippen molar-refractivity contribution in [3.8, 4) is 10.6 Å². The average molecular weight is 429 g/mol. The van der Waals surface area contributed by atoms with E-state index < -0.39 is 0 Å². The minimum Gasteiger partial charge on any atom is -0.334 e. The van der Waals surface area contributed by atoms with Crippen LogP contribution in [0.2, 0.25) is 0 Å². The first-order valence-electron chi connectivity index (χ1n) is 10.3. The number of aryl methyl sites for hydroxylation is 1. The van der Waals surface area contributed by atoms with Gasteiger partial charge in [0.25, 0.3) is 0 Å². The largest absolute Gasteiger partial charge is 0.334 e. The quantitative estimate of drug-likeness (QED) is 0.399. The molecule has 5 nitrogen and oxygen atoms in total. The van der Waals surface area contributed by atoms with Gasteiger partial charge in [-0.1, -0.05) is 37.3 Å². The molecule has 3 heterocycles. The smallest absolute Gasteiger partial charge is 0.229 e. The van der Waals surface area contributed by atoms with Gasteiger partial charge in [-0.05, 0) is 41.3 Å². The highest BCUT2D eigenvalue weighted by Gasteiger charge is 2.17. The Bertz CT molecular complexity index is 1070. The van der Waals surface area contributed by atoms with Gasteiger partial charge >= 0.3 is 0 Å². The van der Waals surface area contributed by atoms with Crippen molar-refractivity contribution >= 4 is 17.2 Å². The van der Waals surface area contributed by atoms with Crippen LogP contribution < -0.4 is 0 Å². The number of aromatic nitrogens is 3. The van der Waals surface area contributed by atoms with Gasteiger partial charge in [0.05, 0.1) is 12.1 Å². The van der Waals surface area contributed by atoms with Crippen molar-refractivity contribution in [1.82, 2.24) is 19.9 Å². The Morgan fingerprint density at radius 2 is 1.68 bits per heavy atom. The number of rotatable bonds is 8. The van der Waals surface area contributed by atoms with Crippen LogP contribution in [0, 0.1) is 0 Å². The van der Waals surface area contributed by atoms with Gasteiger partial charge in [0, 0.05) is 48.8 Å². The third kappa shape index (κ3) is 5.61. The van der Waals surface area contributed by atoms with Crippen molar-refractivity contribution in [2.45, 2.75) is 32.9 Å². The summed E-state index contributed by atoms with van der Waals surface area (Å²) < 4.78 is 0. The minimum absolute atomic E-state index is 0.0406. The maximum atomic E-state index is 13.2. The molecular formula is C25H24N4OS. The summed E-state index contributed by atoms with van der Waals surface area (Å²) in [6.45, 7) is 3.17. The summed E-state index contributed by atoms with van der Waals surface area (Å²) in [6, 6.07) is 16.2.